The maximum atomic E-state index is 12.1. The number of para-hydroxylation sites is 1. The molecule has 0 aliphatic heterocycles. The molecule has 0 aliphatic rings. The SMILES string of the molecule is COc1ccc(NC(=O)C/C(C)=N\NC(=O)c2ccccc2O)c([N+](=O)[O-])c1. The van der Waals surface area contributed by atoms with E-state index in [4.69, 9.17) is 4.74 Å². The van der Waals surface area contributed by atoms with Gasteiger partial charge in [0.2, 0.25) is 5.91 Å². The molecule has 2 aromatic carbocycles. The number of nitro benzene ring substituents is 1. The number of hydrogen-bond donors (Lipinski definition) is 3. The van der Waals surface area contributed by atoms with Crippen molar-refractivity contribution in [3.05, 3.63) is 58.1 Å². The van der Waals surface area contributed by atoms with E-state index in [9.17, 15) is 24.8 Å². The molecule has 0 saturated carbocycles. The predicted molar refractivity (Wildman–Crippen MR) is 102 cm³/mol. The number of amides is 2. The molecule has 10 nitrogen and oxygen atoms in total. The van der Waals surface area contributed by atoms with E-state index in [-0.39, 0.29) is 40.6 Å². The molecule has 0 heterocycles. The number of benzene rings is 2. The minimum absolute atomic E-state index is 0.0156. The average molecular weight is 386 g/mol. The average Bonchev–Trinajstić information content (AvgIpc) is 2.66. The molecule has 0 unspecified atom stereocenters. The molecule has 0 spiro atoms. The first kappa shape index (κ1) is 20.4. The van der Waals surface area contributed by atoms with Crippen LogP contribution in [0.3, 0.4) is 0 Å². The summed E-state index contributed by atoms with van der Waals surface area (Å²) in [5.41, 5.74) is 2.24. The summed E-state index contributed by atoms with van der Waals surface area (Å²) < 4.78 is 4.93. The Labute approximate surface area is 160 Å². The van der Waals surface area contributed by atoms with Gasteiger partial charge in [-0.25, -0.2) is 5.43 Å². The van der Waals surface area contributed by atoms with E-state index in [1.807, 2.05) is 0 Å². The largest absolute Gasteiger partial charge is 0.507 e. The summed E-state index contributed by atoms with van der Waals surface area (Å²) in [7, 11) is 1.38. The van der Waals surface area contributed by atoms with Gasteiger partial charge in [0.15, 0.2) is 0 Å². The molecule has 3 N–H and O–H groups in total. The van der Waals surface area contributed by atoms with Crippen LogP contribution in [0.2, 0.25) is 0 Å². The topological polar surface area (TPSA) is 143 Å². The van der Waals surface area contributed by atoms with Crippen LogP contribution in [0.15, 0.2) is 47.6 Å². The van der Waals surface area contributed by atoms with Gasteiger partial charge >= 0.3 is 0 Å². The summed E-state index contributed by atoms with van der Waals surface area (Å²) in [6.45, 7) is 1.51. The summed E-state index contributed by atoms with van der Waals surface area (Å²) >= 11 is 0. The number of hydrazone groups is 1. The Kier molecular flexibility index (Phi) is 6.63. The lowest BCUT2D eigenvalue weighted by Crippen LogP contribution is -2.21. The third-order valence-electron chi connectivity index (χ3n) is 3.59. The molecular weight excluding hydrogens is 368 g/mol. The molecule has 0 radical (unpaired) electrons. The highest BCUT2D eigenvalue weighted by molar-refractivity contribution is 6.07. The molecule has 146 valence electrons. The van der Waals surface area contributed by atoms with Crippen molar-refractivity contribution in [3.8, 4) is 11.5 Å². The van der Waals surface area contributed by atoms with Crippen molar-refractivity contribution >= 4 is 28.9 Å². The summed E-state index contributed by atoms with van der Waals surface area (Å²) in [5, 5.41) is 27.0. The smallest absolute Gasteiger partial charge is 0.296 e. The van der Waals surface area contributed by atoms with Crippen LogP contribution >= 0.6 is 0 Å². The number of methoxy groups -OCH3 is 1. The molecule has 0 saturated heterocycles. The lowest BCUT2D eigenvalue weighted by atomic mass is 10.2. The van der Waals surface area contributed by atoms with Crippen molar-refractivity contribution in [2.24, 2.45) is 5.10 Å². The molecule has 0 aliphatic carbocycles. The standard InChI is InChI=1S/C18H18N4O6/c1-11(20-21-18(25)13-5-3-4-6-16(13)23)9-17(24)19-14-8-7-12(28-2)10-15(14)22(26)27/h3-8,10,23H,9H2,1-2H3,(H,19,24)(H,21,25)/b20-11-. The maximum absolute atomic E-state index is 12.1. The van der Waals surface area contributed by atoms with Gasteiger partial charge in [-0.3, -0.25) is 19.7 Å². The zero-order valence-electron chi connectivity index (χ0n) is 15.1. The Morgan fingerprint density at radius 3 is 2.61 bits per heavy atom. The molecule has 10 heteroatoms. The second kappa shape index (κ2) is 9.12. The molecule has 0 aromatic heterocycles. The quantitative estimate of drug-likeness (QED) is 0.379. The second-order valence-electron chi connectivity index (χ2n) is 5.67. The molecule has 2 amide bonds. The minimum Gasteiger partial charge on any atom is -0.507 e. The Hall–Kier alpha value is -3.95. The molecule has 0 bridgehead atoms. The zero-order chi connectivity index (χ0) is 20.7. The lowest BCUT2D eigenvalue weighted by Gasteiger charge is -2.08. The van der Waals surface area contributed by atoms with Crippen LogP contribution in [-0.2, 0) is 4.79 Å². The number of ether oxygens (including phenoxy) is 1. The van der Waals surface area contributed by atoms with Gasteiger partial charge < -0.3 is 15.2 Å². The summed E-state index contributed by atoms with van der Waals surface area (Å²) in [6, 6.07) is 9.98. The van der Waals surface area contributed by atoms with Crippen LogP contribution < -0.4 is 15.5 Å². The zero-order valence-corrected chi connectivity index (χ0v) is 15.1. The van der Waals surface area contributed by atoms with E-state index in [0.29, 0.717) is 0 Å². The number of nitro groups is 1. The van der Waals surface area contributed by atoms with E-state index in [1.165, 1.54) is 44.4 Å². The van der Waals surface area contributed by atoms with Crippen molar-refractivity contribution in [1.29, 1.82) is 0 Å². The first-order valence-electron chi connectivity index (χ1n) is 8.05. The molecule has 28 heavy (non-hydrogen) atoms. The number of nitrogens with zero attached hydrogens (tertiary/aromatic N) is 2. The molecule has 2 aromatic rings. The van der Waals surface area contributed by atoms with Crippen LogP contribution in [-0.4, -0.2) is 34.7 Å². The van der Waals surface area contributed by atoms with Crippen LogP contribution in [0.1, 0.15) is 23.7 Å². The highest BCUT2D eigenvalue weighted by atomic mass is 16.6. The minimum atomic E-state index is -0.636. The molecule has 2 rings (SSSR count). The number of carbonyl (C=O) groups is 2. The number of nitrogens with one attached hydrogen (secondary N) is 2. The highest BCUT2D eigenvalue weighted by Crippen LogP contribution is 2.29. The fraction of sp³-hybridized carbons (Fsp3) is 0.167. The number of aromatic hydroxyl groups is 1. The van der Waals surface area contributed by atoms with Crippen LogP contribution in [0.25, 0.3) is 0 Å². The highest BCUT2D eigenvalue weighted by Gasteiger charge is 2.17. The van der Waals surface area contributed by atoms with Gasteiger partial charge in [0, 0.05) is 5.71 Å². The maximum Gasteiger partial charge on any atom is 0.296 e. The van der Waals surface area contributed by atoms with E-state index in [1.54, 1.807) is 12.1 Å². The van der Waals surface area contributed by atoms with Crippen LogP contribution in [0, 0.1) is 10.1 Å². The summed E-state index contributed by atoms with van der Waals surface area (Å²) in [5.74, 6) is -1.10. The first-order chi connectivity index (χ1) is 13.3. The predicted octanol–water partition coefficient (Wildman–Crippen LogP) is 2.44. The second-order valence-corrected chi connectivity index (χ2v) is 5.67. The van der Waals surface area contributed by atoms with Crippen molar-refractivity contribution in [2.75, 3.05) is 12.4 Å². The van der Waals surface area contributed by atoms with Gasteiger partial charge in [-0.05, 0) is 31.2 Å². The van der Waals surface area contributed by atoms with Gasteiger partial charge in [-0.1, -0.05) is 12.1 Å². The summed E-state index contributed by atoms with van der Waals surface area (Å²) in [4.78, 5) is 34.6. The number of carbonyl (C=O) groups excluding carboxylic acids is 2. The Morgan fingerprint density at radius 1 is 1.25 bits per heavy atom. The van der Waals surface area contributed by atoms with Crippen molar-refractivity contribution in [3.63, 3.8) is 0 Å². The van der Waals surface area contributed by atoms with Crippen molar-refractivity contribution in [1.82, 2.24) is 5.43 Å². The normalized spacial score (nSPS) is 10.9. The number of phenols is 1. The number of anilines is 1. The van der Waals surface area contributed by atoms with Gasteiger partial charge in [-0.2, -0.15) is 5.10 Å². The lowest BCUT2D eigenvalue weighted by molar-refractivity contribution is -0.384. The van der Waals surface area contributed by atoms with E-state index >= 15 is 0 Å². The molecule has 0 fully saturated rings. The van der Waals surface area contributed by atoms with Crippen LogP contribution in [0.4, 0.5) is 11.4 Å². The number of hydrogen-bond acceptors (Lipinski definition) is 7. The van der Waals surface area contributed by atoms with E-state index in [2.05, 4.69) is 15.8 Å². The molecular formula is C18H18N4O6. The number of rotatable bonds is 7. The van der Waals surface area contributed by atoms with Gasteiger partial charge in [0.25, 0.3) is 11.6 Å². The summed E-state index contributed by atoms with van der Waals surface area (Å²) in [6.07, 6.45) is -0.204. The Balaban J connectivity index is 2.01. The van der Waals surface area contributed by atoms with Crippen molar-refractivity contribution in [2.45, 2.75) is 13.3 Å². The fourth-order valence-corrected chi connectivity index (χ4v) is 2.23. The van der Waals surface area contributed by atoms with E-state index < -0.39 is 16.7 Å². The first-order valence-corrected chi connectivity index (χ1v) is 8.05. The van der Waals surface area contributed by atoms with Crippen molar-refractivity contribution < 1.29 is 24.4 Å². The number of phenolic OH excluding ortho intramolecular Hbond substituents is 1. The van der Waals surface area contributed by atoms with Gasteiger partial charge in [0.1, 0.15) is 17.2 Å². The third kappa shape index (κ3) is 5.27. The van der Waals surface area contributed by atoms with Crippen LogP contribution in [0.5, 0.6) is 11.5 Å². The van der Waals surface area contributed by atoms with Gasteiger partial charge in [-0.15, -0.1) is 0 Å². The fourth-order valence-electron chi connectivity index (χ4n) is 2.23. The monoisotopic (exact) mass is 386 g/mol. The van der Waals surface area contributed by atoms with E-state index in [0.717, 1.165) is 0 Å². The molecule has 0 atom stereocenters. The third-order valence-corrected chi connectivity index (χ3v) is 3.59. The Morgan fingerprint density at radius 2 is 1.96 bits per heavy atom. The van der Waals surface area contributed by atoms with Gasteiger partial charge in [0.05, 0.1) is 30.1 Å². The Bertz CT molecular complexity index is 941.